The van der Waals surface area contributed by atoms with Crippen molar-refractivity contribution in [2.24, 2.45) is 0 Å². The summed E-state index contributed by atoms with van der Waals surface area (Å²) in [6, 6.07) is 22.7. The molecule has 1 aromatic heterocycles. The monoisotopic (exact) mass is 415 g/mol. The van der Waals surface area contributed by atoms with Gasteiger partial charge in [-0.25, -0.2) is 9.97 Å². The standard InChI is InChI=1S/C25H29N5O/c31-24(29-16-18-30(19-17-29)25-26-13-7-14-27-25)12-15-28(20-22-8-3-1-4-9-22)21-23-10-5-2-6-11-23/h1-11,13-14H,12,15-21H2. The zero-order chi connectivity index (χ0) is 21.3. The minimum Gasteiger partial charge on any atom is -0.339 e. The van der Waals surface area contributed by atoms with Crippen molar-refractivity contribution in [1.29, 1.82) is 0 Å². The Morgan fingerprint density at radius 3 is 1.87 bits per heavy atom. The molecule has 0 spiro atoms. The van der Waals surface area contributed by atoms with Gasteiger partial charge < -0.3 is 9.80 Å². The lowest BCUT2D eigenvalue weighted by Gasteiger charge is -2.35. The van der Waals surface area contributed by atoms with E-state index in [-0.39, 0.29) is 5.91 Å². The van der Waals surface area contributed by atoms with Crippen molar-refractivity contribution < 1.29 is 4.79 Å². The summed E-state index contributed by atoms with van der Waals surface area (Å²) in [5.74, 6) is 0.964. The largest absolute Gasteiger partial charge is 0.339 e. The van der Waals surface area contributed by atoms with Crippen molar-refractivity contribution >= 4 is 11.9 Å². The number of nitrogens with zero attached hydrogens (tertiary/aromatic N) is 5. The fourth-order valence-electron chi connectivity index (χ4n) is 3.92. The zero-order valence-electron chi connectivity index (χ0n) is 17.8. The zero-order valence-corrected chi connectivity index (χ0v) is 17.8. The Labute approximate surface area is 184 Å². The molecule has 0 radical (unpaired) electrons. The van der Waals surface area contributed by atoms with Crippen molar-refractivity contribution in [3.63, 3.8) is 0 Å². The number of carbonyl (C=O) groups is 1. The van der Waals surface area contributed by atoms with Crippen molar-refractivity contribution in [3.05, 3.63) is 90.3 Å². The molecule has 1 aliphatic heterocycles. The third-order valence-corrected chi connectivity index (χ3v) is 5.61. The fourth-order valence-corrected chi connectivity index (χ4v) is 3.92. The Morgan fingerprint density at radius 2 is 1.32 bits per heavy atom. The van der Waals surface area contributed by atoms with Crippen LogP contribution in [-0.4, -0.2) is 58.4 Å². The molecule has 31 heavy (non-hydrogen) atoms. The van der Waals surface area contributed by atoms with Crippen LogP contribution in [0.4, 0.5) is 5.95 Å². The van der Waals surface area contributed by atoms with Gasteiger partial charge in [0.05, 0.1) is 0 Å². The highest BCUT2D eigenvalue weighted by molar-refractivity contribution is 5.76. The Morgan fingerprint density at radius 1 is 0.774 bits per heavy atom. The van der Waals surface area contributed by atoms with E-state index >= 15 is 0 Å². The first kappa shape index (κ1) is 21.0. The van der Waals surface area contributed by atoms with E-state index in [0.717, 1.165) is 38.7 Å². The van der Waals surface area contributed by atoms with Crippen molar-refractivity contribution in [3.8, 4) is 0 Å². The molecule has 0 atom stereocenters. The second-order valence-corrected chi connectivity index (χ2v) is 7.85. The molecule has 1 amide bonds. The topological polar surface area (TPSA) is 52.6 Å². The lowest BCUT2D eigenvalue weighted by Crippen LogP contribution is -2.49. The third-order valence-electron chi connectivity index (χ3n) is 5.61. The summed E-state index contributed by atoms with van der Waals surface area (Å²) in [5, 5.41) is 0. The molecule has 0 unspecified atom stereocenters. The average Bonchev–Trinajstić information content (AvgIpc) is 2.84. The molecule has 6 nitrogen and oxygen atoms in total. The molecule has 1 aliphatic rings. The quantitative estimate of drug-likeness (QED) is 0.565. The maximum Gasteiger partial charge on any atom is 0.225 e. The maximum absolute atomic E-state index is 12.9. The van der Waals surface area contributed by atoms with Crippen LogP contribution in [0.2, 0.25) is 0 Å². The summed E-state index contributed by atoms with van der Waals surface area (Å²) in [7, 11) is 0. The second kappa shape index (κ2) is 10.7. The maximum atomic E-state index is 12.9. The molecule has 1 fully saturated rings. The number of hydrogen-bond donors (Lipinski definition) is 0. The van der Waals surface area contributed by atoms with E-state index in [9.17, 15) is 4.79 Å². The van der Waals surface area contributed by atoms with E-state index in [1.165, 1.54) is 11.1 Å². The van der Waals surface area contributed by atoms with Crippen molar-refractivity contribution in [1.82, 2.24) is 19.8 Å². The van der Waals surface area contributed by atoms with Crippen LogP contribution in [0, 0.1) is 0 Å². The predicted molar refractivity (Wildman–Crippen MR) is 122 cm³/mol. The number of benzene rings is 2. The molecule has 0 aliphatic carbocycles. The number of piperazine rings is 1. The third kappa shape index (κ3) is 6.12. The molecule has 2 heterocycles. The van der Waals surface area contributed by atoms with E-state index in [1.807, 2.05) is 23.1 Å². The molecule has 160 valence electrons. The number of hydrogen-bond acceptors (Lipinski definition) is 5. The SMILES string of the molecule is O=C(CCN(Cc1ccccc1)Cc1ccccc1)N1CCN(c2ncccn2)CC1. The summed E-state index contributed by atoms with van der Waals surface area (Å²) in [6.07, 6.45) is 4.04. The molecule has 0 saturated carbocycles. The number of aromatic nitrogens is 2. The van der Waals surface area contributed by atoms with Gasteiger partial charge in [0.1, 0.15) is 0 Å². The molecular weight excluding hydrogens is 386 g/mol. The number of rotatable bonds is 8. The van der Waals surface area contributed by atoms with Crippen LogP contribution < -0.4 is 4.90 Å². The van der Waals surface area contributed by atoms with Gasteiger partial charge in [0.2, 0.25) is 11.9 Å². The van der Waals surface area contributed by atoms with Crippen LogP contribution >= 0.6 is 0 Å². The van der Waals surface area contributed by atoms with E-state index in [2.05, 4.69) is 68.3 Å². The van der Waals surface area contributed by atoms with Crippen LogP contribution in [0.5, 0.6) is 0 Å². The first-order valence-corrected chi connectivity index (χ1v) is 10.9. The van der Waals surface area contributed by atoms with Gasteiger partial charge in [-0.3, -0.25) is 9.69 Å². The van der Waals surface area contributed by atoms with Gasteiger partial charge in [-0.05, 0) is 17.2 Å². The summed E-state index contributed by atoms with van der Waals surface area (Å²) in [6.45, 7) is 5.39. The van der Waals surface area contributed by atoms with Crippen molar-refractivity contribution in [2.45, 2.75) is 19.5 Å². The van der Waals surface area contributed by atoms with Gasteiger partial charge in [0.15, 0.2) is 0 Å². The Kier molecular flexibility index (Phi) is 7.24. The van der Waals surface area contributed by atoms with Crippen LogP contribution in [0.15, 0.2) is 79.1 Å². The number of carbonyl (C=O) groups excluding carboxylic acids is 1. The molecular formula is C25H29N5O. The minimum absolute atomic E-state index is 0.222. The highest BCUT2D eigenvalue weighted by atomic mass is 16.2. The van der Waals surface area contributed by atoms with Crippen LogP contribution in [0.25, 0.3) is 0 Å². The Hall–Kier alpha value is -3.25. The average molecular weight is 416 g/mol. The molecule has 0 N–H and O–H groups in total. The summed E-state index contributed by atoms with van der Waals surface area (Å²) >= 11 is 0. The molecule has 6 heteroatoms. The summed E-state index contributed by atoms with van der Waals surface area (Å²) in [4.78, 5) is 28.0. The van der Waals surface area contributed by atoms with Crippen LogP contribution in [-0.2, 0) is 17.9 Å². The van der Waals surface area contributed by atoms with Gasteiger partial charge in [0.25, 0.3) is 0 Å². The summed E-state index contributed by atoms with van der Waals surface area (Å²) in [5.41, 5.74) is 2.53. The molecule has 2 aromatic carbocycles. The fraction of sp³-hybridized carbons (Fsp3) is 0.320. The second-order valence-electron chi connectivity index (χ2n) is 7.85. The van der Waals surface area contributed by atoms with E-state index in [4.69, 9.17) is 0 Å². The summed E-state index contributed by atoms with van der Waals surface area (Å²) < 4.78 is 0. The predicted octanol–water partition coefficient (Wildman–Crippen LogP) is 3.22. The van der Waals surface area contributed by atoms with Gasteiger partial charge in [-0.2, -0.15) is 0 Å². The van der Waals surface area contributed by atoms with E-state index in [0.29, 0.717) is 19.5 Å². The molecule has 3 aromatic rings. The van der Waals surface area contributed by atoms with E-state index < -0.39 is 0 Å². The van der Waals surface area contributed by atoms with Crippen molar-refractivity contribution in [2.75, 3.05) is 37.6 Å². The van der Waals surface area contributed by atoms with Gasteiger partial charge in [-0.1, -0.05) is 60.7 Å². The van der Waals surface area contributed by atoms with E-state index in [1.54, 1.807) is 12.4 Å². The lowest BCUT2D eigenvalue weighted by atomic mass is 10.1. The normalized spacial score (nSPS) is 14.1. The van der Waals surface area contributed by atoms with Gasteiger partial charge in [-0.15, -0.1) is 0 Å². The highest BCUT2D eigenvalue weighted by Crippen LogP contribution is 2.13. The van der Waals surface area contributed by atoms with Crippen LogP contribution in [0.3, 0.4) is 0 Å². The first-order chi connectivity index (χ1) is 15.3. The first-order valence-electron chi connectivity index (χ1n) is 10.9. The van der Waals surface area contributed by atoms with Gasteiger partial charge in [0, 0.05) is 64.6 Å². The molecule has 0 bridgehead atoms. The molecule has 4 rings (SSSR count). The Bertz CT molecular complexity index is 886. The van der Waals surface area contributed by atoms with Gasteiger partial charge >= 0.3 is 0 Å². The minimum atomic E-state index is 0.222. The Balaban J connectivity index is 1.31. The number of anilines is 1. The highest BCUT2D eigenvalue weighted by Gasteiger charge is 2.22. The lowest BCUT2D eigenvalue weighted by molar-refractivity contribution is -0.131. The molecule has 1 saturated heterocycles. The number of amides is 1. The van der Waals surface area contributed by atoms with Crippen LogP contribution in [0.1, 0.15) is 17.5 Å². The smallest absolute Gasteiger partial charge is 0.225 e.